The van der Waals surface area contributed by atoms with Gasteiger partial charge in [0.2, 0.25) is 15.9 Å². The number of nitrogens with zero attached hydrogens (tertiary/aromatic N) is 2. The predicted molar refractivity (Wildman–Crippen MR) is 151 cm³/mol. The van der Waals surface area contributed by atoms with Crippen LogP contribution in [0, 0.1) is 5.92 Å². The van der Waals surface area contributed by atoms with Crippen molar-refractivity contribution >= 4 is 27.5 Å². The minimum atomic E-state index is -3.68. The lowest BCUT2D eigenvalue weighted by Crippen LogP contribution is -2.53. The molecule has 1 saturated heterocycles. The summed E-state index contributed by atoms with van der Waals surface area (Å²) < 4.78 is 38.8. The number of hydrogen-bond acceptors (Lipinski definition) is 6. The molecule has 0 bridgehead atoms. The number of para-hydroxylation sites is 2. The molecule has 210 valence electrons. The van der Waals surface area contributed by atoms with E-state index in [4.69, 9.17) is 9.47 Å². The van der Waals surface area contributed by atoms with Gasteiger partial charge in [0, 0.05) is 25.6 Å². The second-order valence-corrected chi connectivity index (χ2v) is 11.8. The van der Waals surface area contributed by atoms with Crippen molar-refractivity contribution in [2.75, 3.05) is 38.2 Å². The molecule has 2 aliphatic rings. The van der Waals surface area contributed by atoms with Gasteiger partial charge in [-0.1, -0.05) is 42.5 Å². The van der Waals surface area contributed by atoms with Gasteiger partial charge in [-0.15, -0.1) is 0 Å². The smallest absolute Gasteiger partial charge is 0.262 e. The molecule has 9 nitrogen and oxygen atoms in total. The number of nitrogens with one attached hydrogen (secondary N) is 1. The van der Waals surface area contributed by atoms with Crippen LogP contribution < -0.4 is 19.7 Å². The van der Waals surface area contributed by atoms with E-state index in [2.05, 4.69) is 5.32 Å². The molecule has 0 aliphatic carbocycles. The highest BCUT2D eigenvalue weighted by Crippen LogP contribution is 2.36. The van der Waals surface area contributed by atoms with E-state index >= 15 is 0 Å². The third kappa shape index (κ3) is 5.97. The number of anilines is 1. The SMILES string of the molecule is COc1ccc(S(=O)(=O)N2CCC(C(=O)N3C[C@@H](C(=O)NCCc4ccccc4)Oc4ccccc43)CC2)cc1. The molecule has 0 saturated carbocycles. The van der Waals surface area contributed by atoms with E-state index in [9.17, 15) is 18.0 Å². The number of fused-ring (bicyclic) bond motifs is 1. The third-order valence-electron chi connectivity index (χ3n) is 7.39. The molecule has 1 atom stereocenters. The van der Waals surface area contributed by atoms with Crippen LogP contribution in [0.15, 0.2) is 83.8 Å². The Bertz CT molecular complexity index is 1440. The lowest BCUT2D eigenvalue weighted by Gasteiger charge is -2.38. The van der Waals surface area contributed by atoms with Crippen molar-refractivity contribution in [2.45, 2.75) is 30.3 Å². The van der Waals surface area contributed by atoms with Gasteiger partial charge in [-0.2, -0.15) is 4.31 Å². The maximum atomic E-state index is 13.7. The summed E-state index contributed by atoms with van der Waals surface area (Å²) in [6, 6.07) is 23.4. The summed E-state index contributed by atoms with van der Waals surface area (Å²) in [7, 11) is -2.15. The highest BCUT2D eigenvalue weighted by atomic mass is 32.2. The molecule has 0 spiro atoms. The molecular formula is C30H33N3O6S. The number of methoxy groups -OCH3 is 1. The summed E-state index contributed by atoms with van der Waals surface area (Å²) in [6.07, 6.45) is 0.630. The van der Waals surface area contributed by atoms with Gasteiger partial charge in [0.1, 0.15) is 11.5 Å². The Morgan fingerprint density at radius 1 is 0.950 bits per heavy atom. The van der Waals surface area contributed by atoms with Crippen molar-refractivity contribution in [1.82, 2.24) is 9.62 Å². The van der Waals surface area contributed by atoms with E-state index in [1.54, 1.807) is 35.2 Å². The normalized spacial score (nSPS) is 17.9. The third-order valence-corrected chi connectivity index (χ3v) is 9.30. The summed E-state index contributed by atoms with van der Waals surface area (Å²) in [4.78, 5) is 28.6. The first-order valence-corrected chi connectivity index (χ1v) is 14.8. The molecule has 3 aromatic rings. The Kier molecular flexibility index (Phi) is 8.37. The van der Waals surface area contributed by atoms with Crippen molar-refractivity contribution in [1.29, 1.82) is 0 Å². The number of carbonyl (C=O) groups excluding carboxylic acids is 2. The van der Waals surface area contributed by atoms with Crippen LogP contribution in [0.5, 0.6) is 11.5 Å². The Morgan fingerprint density at radius 3 is 2.33 bits per heavy atom. The van der Waals surface area contributed by atoms with Crippen LogP contribution in [-0.4, -0.2) is 63.9 Å². The lowest BCUT2D eigenvalue weighted by atomic mass is 9.95. The molecular weight excluding hydrogens is 530 g/mol. The second-order valence-electron chi connectivity index (χ2n) is 9.90. The lowest BCUT2D eigenvalue weighted by molar-refractivity contribution is -0.129. The first-order valence-electron chi connectivity index (χ1n) is 13.4. The number of piperidine rings is 1. The highest BCUT2D eigenvalue weighted by Gasteiger charge is 2.39. The highest BCUT2D eigenvalue weighted by molar-refractivity contribution is 7.89. The topological polar surface area (TPSA) is 105 Å². The zero-order valence-electron chi connectivity index (χ0n) is 22.4. The summed E-state index contributed by atoms with van der Waals surface area (Å²) in [5.41, 5.74) is 1.74. The molecule has 40 heavy (non-hydrogen) atoms. The Hall–Kier alpha value is -3.89. The molecule has 2 heterocycles. The quantitative estimate of drug-likeness (QED) is 0.451. The fraction of sp³-hybridized carbons (Fsp3) is 0.333. The minimum absolute atomic E-state index is 0.0946. The van der Waals surface area contributed by atoms with Crippen molar-refractivity contribution < 1.29 is 27.5 Å². The first kappa shape index (κ1) is 27.7. The average Bonchev–Trinajstić information content (AvgIpc) is 3.00. The number of benzene rings is 3. The number of amides is 2. The molecule has 2 amide bonds. The molecule has 1 fully saturated rings. The van der Waals surface area contributed by atoms with Crippen molar-refractivity contribution in [3.8, 4) is 11.5 Å². The van der Waals surface area contributed by atoms with Gasteiger partial charge in [-0.3, -0.25) is 9.59 Å². The molecule has 10 heteroatoms. The number of rotatable bonds is 8. The van der Waals surface area contributed by atoms with Gasteiger partial charge >= 0.3 is 0 Å². The van der Waals surface area contributed by atoms with Crippen LogP contribution in [0.4, 0.5) is 5.69 Å². The molecule has 5 rings (SSSR count). The molecule has 0 radical (unpaired) electrons. The van der Waals surface area contributed by atoms with E-state index < -0.39 is 16.1 Å². The predicted octanol–water partition coefficient (Wildman–Crippen LogP) is 3.25. The van der Waals surface area contributed by atoms with Crippen molar-refractivity contribution in [3.05, 3.63) is 84.4 Å². The van der Waals surface area contributed by atoms with Gasteiger partial charge in [0.15, 0.2) is 6.10 Å². The molecule has 0 unspecified atom stereocenters. The zero-order valence-corrected chi connectivity index (χ0v) is 23.2. The molecule has 3 aromatic carbocycles. The molecule has 2 aliphatic heterocycles. The Balaban J connectivity index is 1.23. The fourth-order valence-electron chi connectivity index (χ4n) is 5.13. The van der Waals surface area contributed by atoms with Crippen molar-refractivity contribution in [2.24, 2.45) is 5.92 Å². The van der Waals surface area contributed by atoms with E-state index in [-0.39, 0.29) is 42.3 Å². The van der Waals surface area contributed by atoms with Crippen LogP contribution >= 0.6 is 0 Å². The molecule has 0 aromatic heterocycles. The summed E-state index contributed by atoms with van der Waals surface area (Å²) in [5, 5.41) is 2.93. The van der Waals surface area contributed by atoms with Gasteiger partial charge in [0.25, 0.3) is 5.91 Å². The van der Waals surface area contributed by atoms with Crippen molar-refractivity contribution in [3.63, 3.8) is 0 Å². The number of hydrogen-bond donors (Lipinski definition) is 1. The maximum Gasteiger partial charge on any atom is 0.262 e. The fourth-order valence-corrected chi connectivity index (χ4v) is 6.60. The van der Waals surface area contributed by atoms with Crippen LogP contribution in [-0.2, 0) is 26.0 Å². The van der Waals surface area contributed by atoms with E-state index in [0.717, 1.165) is 5.56 Å². The van der Waals surface area contributed by atoms with Crippen LogP contribution in [0.25, 0.3) is 0 Å². The number of ether oxygens (including phenoxy) is 2. The largest absolute Gasteiger partial charge is 0.497 e. The number of sulfonamides is 1. The van der Waals surface area contributed by atoms with Crippen LogP contribution in [0.2, 0.25) is 0 Å². The van der Waals surface area contributed by atoms with Gasteiger partial charge in [0.05, 0.1) is 24.2 Å². The van der Waals surface area contributed by atoms with Gasteiger partial charge < -0.3 is 19.7 Å². The van der Waals surface area contributed by atoms with E-state index in [1.165, 1.54) is 23.5 Å². The number of carbonyl (C=O) groups is 2. The summed E-state index contributed by atoms with van der Waals surface area (Å²) in [6.45, 7) is 1.02. The summed E-state index contributed by atoms with van der Waals surface area (Å²) in [5.74, 6) is 0.292. The average molecular weight is 564 g/mol. The monoisotopic (exact) mass is 563 g/mol. The van der Waals surface area contributed by atoms with Gasteiger partial charge in [-0.05, 0) is 61.2 Å². The molecule has 1 N–H and O–H groups in total. The first-order chi connectivity index (χ1) is 19.4. The second kappa shape index (κ2) is 12.1. The maximum absolute atomic E-state index is 13.7. The van der Waals surface area contributed by atoms with Crippen LogP contribution in [0.1, 0.15) is 18.4 Å². The standard InChI is InChI=1S/C30H33N3O6S/c1-38-24-11-13-25(14-12-24)40(36,37)32-19-16-23(17-20-32)30(35)33-21-28(39-27-10-6-5-9-26(27)33)29(34)31-18-15-22-7-3-2-4-8-22/h2-14,23,28H,15-21H2,1H3,(H,31,34)/t28-/m0/s1. The van der Waals surface area contributed by atoms with Gasteiger partial charge in [-0.25, -0.2) is 8.42 Å². The Morgan fingerprint density at radius 2 is 1.62 bits per heavy atom. The van der Waals surface area contributed by atoms with E-state index in [1.807, 2.05) is 36.4 Å². The van der Waals surface area contributed by atoms with Crippen LogP contribution in [0.3, 0.4) is 0 Å². The zero-order chi connectivity index (χ0) is 28.1. The minimum Gasteiger partial charge on any atom is -0.497 e. The summed E-state index contributed by atoms with van der Waals surface area (Å²) >= 11 is 0. The van der Waals surface area contributed by atoms with E-state index in [0.29, 0.717) is 43.0 Å². The Labute approximate surface area is 234 Å².